The number of aryl methyl sites for hydroxylation is 1. The van der Waals surface area contributed by atoms with Crippen molar-refractivity contribution < 1.29 is 4.79 Å². The van der Waals surface area contributed by atoms with Crippen molar-refractivity contribution in [3.63, 3.8) is 0 Å². The summed E-state index contributed by atoms with van der Waals surface area (Å²) in [4.78, 5) is 33.3. The highest BCUT2D eigenvalue weighted by atomic mass is 32.2. The molecule has 1 aliphatic heterocycles. The quantitative estimate of drug-likeness (QED) is 0.299. The Kier molecular flexibility index (Phi) is 8.26. The summed E-state index contributed by atoms with van der Waals surface area (Å²) >= 11 is 6.77. The molecule has 2 aromatic heterocycles. The molecule has 0 radical (unpaired) electrons. The summed E-state index contributed by atoms with van der Waals surface area (Å²) in [6.45, 7) is 11.0. The van der Waals surface area contributed by atoms with Gasteiger partial charge >= 0.3 is 0 Å². The topological polar surface area (TPSA) is 66.7 Å². The summed E-state index contributed by atoms with van der Waals surface area (Å²) in [6.07, 6.45) is 9.37. The van der Waals surface area contributed by atoms with Gasteiger partial charge in [-0.3, -0.25) is 18.9 Å². The fraction of sp³-hybridized carbons (Fsp3) is 0.417. The van der Waals surface area contributed by atoms with Crippen molar-refractivity contribution in [1.29, 1.82) is 0 Å². The van der Waals surface area contributed by atoms with E-state index in [-0.39, 0.29) is 11.5 Å². The van der Waals surface area contributed by atoms with Crippen molar-refractivity contribution in [3.05, 3.63) is 57.4 Å². The van der Waals surface area contributed by atoms with Gasteiger partial charge in [-0.25, -0.2) is 4.98 Å². The molecule has 3 rings (SSSR count). The number of hydrogen-bond donors (Lipinski definition) is 1. The lowest BCUT2D eigenvalue weighted by atomic mass is 9.99. The number of pyridine rings is 1. The van der Waals surface area contributed by atoms with Crippen LogP contribution >= 0.6 is 24.0 Å². The molecule has 0 bridgehead atoms. The van der Waals surface area contributed by atoms with E-state index in [1.54, 1.807) is 23.2 Å². The molecule has 1 aliphatic rings. The van der Waals surface area contributed by atoms with Crippen LogP contribution in [0.4, 0.5) is 5.82 Å². The van der Waals surface area contributed by atoms with Crippen molar-refractivity contribution >= 4 is 51.7 Å². The van der Waals surface area contributed by atoms with E-state index < -0.39 is 0 Å². The largest absolute Gasteiger partial charge is 0.366 e. The maximum absolute atomic E-state index is 13.3. The number of fused-ring (bicyclic) bond motifs is 1. The molecular weight excluding hydrogens is 440 g/mol. The van der Waals surface area contributed by atoms with Crippen LogP contribution in [0.1, 0.15) is 50.7 Å². The van der Waals surface area contributed by atoms with Crippen molar-refractivity contribution in [2.75, 3.05) is 18.4 Å². The Hall–Kier alpha value is -2.45. The van der Waals surface area contributed by atoms with Gasteiger partial charge in [-0.15, -0.1) is 6.58 Å². The maximum Gasteiger partial charge on any atom is 0.267 e. The number of carbonyl (C=O) groups is 1. The second kappa shape index (κ2) is 10.9. The van der Waals surface area contributed by atoms with Gasteiger partial charge in [0.05, 0.1) is 10.5 Å². The van der Waals surface area contributed by atoms with Crippen LogP contribution < -0.4 is 10.9 Å². The number of thioether (sulfide) groups is 1. The van der Waals surface area contributed by atoms with Crippen molar-refractivity contribution in [2.45, 2.75) is 46.5 Å². The number of hydrogen-bond acceptors (Lipinski definition) is 6. The fourth-order valence-corrected chi connectivity index (χ4v) is 4.97. The number of nitrogens with zero attached hydrogens (tertiary/aromatic N) is 3. The number of amides is 1. The highest BCUT2D eigenvalue weighted by Gasteiger charge is 2.33. The lowest BCUT2D eigenvalue weighted by Gasteiger charge is -2.21. The van der Waals surface area contributed by atoms with Gasteiger partial charge in [-0.05, 0) is 37.0 Å². The molecule has 1 unspecified atom stereocenters. The summed E-state index contributed by atoms with van der Waals surface area (Å²) in [5.41, 5.74) is 1.58. The maximum atomic E-state index is 13.3. The van der Waals surface area contributed by atoms with Gasteiger partial charge in [0.25, 0.3) is 11.5 Å². The molecular formula is C24H30N4O2S2. The Bertz CT molecular complexity index is 1120. The highest BCUT2D eigenvalue weighted by molar-refractivity contribution is 8.26. The van der Waals surface area contributed by atoms with E-state index in [9.17, 15) is 9.59 Å². The van der Waals surface area contributed by atoms with Crippen LogP contribution in [0.2, 0.25) is 0 Å². The molecule has 2 aromatic rings. The lowest BCUT2D eigenvalue weighted by Crippen LogP contribution is -2.33. The van der Waals surface area contributed by atoms with Crippen LogP contribution in [0, 0.1) is 12.8 Å². The van der Waals surface area contributed by atoms with Gasteiger partial charge < -0.3 is 5.32 Å². The number of carbonyl (C=O) groups excluding carboxylic acids is 1. The monoisotopic (exact) mass is 470 g/mol. The summed E-state index contributed by atoms with van der Waals surface area (Å²) in [5.74, 6) is 0.708. The standard InChI is InChI=1S/C24H30N4O2S2/c1-5-8-11-17(7-3)15-28-23(30)19(32-24(28)31)14-18-20(25-12-6-2)26-21-16(4)10-9-13-27(21)22(18)29/h6,9-10,13-14,17,25H,2,5,7-8,11-12,15H2,1,3-4H3. The smallest absolute Gasteiger partial charge is 0.267 e. The van der Waals surface area contributed by atoms with Gasteiger partial charge in [0.15, 0.2) is 0 Å². The number of nitrogens with one attached hydrogen (secondary N) is 1. The van der Waals surface area contributed by atoms with Crippen molar-refractivity contribution in [2.24, 2.45) is 5.92 Å². The molecule has 170 valence electrons. The predicted octanol–water partition coefficient (Wildman–Crippen LogP) is 5.02. The first-order chi connectivity index (χ1) is 15.4. The van der Waals surface area contributed by atoms with Crippen LogP contribution in [-0.4, -0.2) is 37.6 Å². The molecule has 0 aliphatic carbocycles. The SMILES string of the molecule is C=CCNc1nc2c(C)cccn2c(=O)c1C=C1SC(=S)N(CC(CC)CCCC)C1=O. The molecule has 1 atom stereocenters. The average molecular weight is 471 g/mol. The van der Waals surface area contributed by atoms with Crippen LogP contribution in [0.15, 0.2) is 40.7 Å². The first-order valence-electron chi connectivity index (χ1n) is 11.0. The minimum absolute atomic E-state index is 0.140. The second-order valence-electron chi connectivity index (χ2n) is 7.94. The normalized spacial score (nSPS) is 16.2. The van der Waals surface area contributed by atoms with Crippen LogP contribution in [-0.2, 0) is 4.79 Å². The summed E-state index contributed by atoms with van der Waals surface area (Å²) in [6, 6.07) is 3.72. The zero-order chi connectivity index (χ0) is 23.3. The number of aromatic nitrogens is 2. The number of thiocarbonyl (C=S) groups is 1. The zero-order valence-corrected chi connectivity index (χ0v) is 20.5. The van der Waals surface area contributed by atoms with Gasteiger partial charge in [-0.2, -0.15) is 0 Å². The number of anilines is 1. The molecule has 0 spiro atoms. The van der Waals surface area contributed by atoms with Crippen molar-refractivity contribution in [3.8, 4) is 0 Å². The van der Waals surface area contributed by atoms with Gasteiger partial charge in [-0.1, -0.05) is 69.2 Å². The zero-order valence-electron chi connectivity index (χ0n) is 18.9. The number of unbranched alkanes of at least 4 members (excludes halogenated alkanes) is 1. The van der Waals surface area contributed by atoms with E-state index in [2.05, 4.69) is 30.7 Å². The average Bonchev–Trinajstić information content (AvgIpc) is 3.04. The molecule has 6 nitrogen and oxygen atoms in total. The summed E-state index contributed by atoms with van der Waals surface area (Å²) in [7, 11) is 0. The molecule has 8 heteroatoms. The second-order valence-corrected chi connectivity index (χ2v) is 9.62. The van der Waals surface area contributed by atoms with E-state index in [4.69, 9.17) is 12.2 Å². The fourth-order valence-electron chi connectivity index (χ4n) is 3.71. The minimum atomic E-state index is -0.232. The molecule has 1 amide bonds. The van der Waals surface area contributed by atoms with Crippen LogP contribution in [0.25, 0.3) is 11.7 Å². The predicted molar refractivity (Wildman–Crippen MR) is 138 cm³/mol. The Labute approximate surface area is 198 Å². The van der Waals surface area contributed by atoms with Gasteiger partial charge in [0.1, 0.15) is 15.8 Å². The minimum Gasteiger partial charge on any atom is -0.366 e. The van der Waals surface area contributed by atoms with E-state index in [0.29, 0.717) is 45.3 Å². The van der Waals surface area contributed by atoms with E-state index in [0.717, 1.165) is 31.2 Å². The van der Waals surface area contributed by atoms with Crippen LogP contribution in [0.5, 0.6) is 0 Å². The number of rotatable bonds is 10. The van der Waals surface area contributed by atoms with E-state index in [1.807, 2.05) is 19.1 Å². The molecule has 32 heavy (non-hydrogen) atoms. The van der Waals surface area contributed by atoms with Gasteiger partial charge in [0, 0.05) is 19.3 Å². The third-order valence-electron chi connectivity index (χ3n) is 5.63. The molecule has 3 heterocycles. The lowest BCUT2D eigenvalue weighted by molar-refractivity contribution is -0.122. The van der Waals surface area contributed by atoms with E-state index >= 15 is 0 Å². The molecule has 1 N–H and O–H groups in total. The Morgan fingerprint density at radius 2 is 2.12 bits per heavy atom. The molecule has 1 fully saturated rings. The van der Waals surface area contributed by atoms with Crippen LogP contribution in [0.3, 0.4) is 0 Å². The molecule has 0 aromatic carbocycles. The highest BCUT2D eigenvalue weighted by Crippen LogP contribution is 2.34. The summed E-state index contributed by atoms with van der Waals surface area (Å²) < 4.78 is 2.06. The Balaban J connectivity index is 2.00. The summed E-state index contributed by atoms with van der Waals surface area (Å²) in [5, 5.41) is 3.14. The molecule has 1 saturated heterocycles. The first-order valence-corrected chi connectivity index (χ1v) is 12.3. The third kappa shape index (κ3) is 5.13. The van der Waals surface area contributed by atoms with Gasteiger partial charge in [0.2, 0.25) is 0 Å². The van der Waals surface area contributed by atoms with E-state index in [1.165, 1.54) is 16.2 Å². The Morgan fingerprint density at radius 1 is 1.34 bits per heavy atom. The Morgan fingerprint density at radius 3 is 2.81 bits per heavy atom. The first kappa shape index (κ1) is 24.2. The van der Waals surface area contributed by atoms with Crippen molar-refractivity contribution in [1.82, 2.24) is 14.3 Å². The third-order valence-corrected chi connectivity index (χ3v) is 7.01. The molecule has 0 saturated carbocycles.